The van der Waals surface area contributed by atoms with Gasteiger partial charge in [0.05, 0.1) is 12.5 Å². The van der Waals surface area contributed by atoms with E-state index in [9.17, 15) is 14.7 Å². The summed E-state index contributed by atoms with van der Waals surface area (Å²) < 4.78 is 6.52. The van der Waals surface area contributed by atoms with Crippen molar-refractivity contribution in [2.24, 2.45) is 0 Å². The van der Waals surface area contributed by atoms with Crippen molar-refractivity contribution in [3.8, 4) is 5.75 Å². The Morgan fingerprint density at radius 1 is 1.33 bits per heavy atom. The molecule has 0 saturated heterocycles. The molecule has 0 bridgehead atoms. The molecule has 3 aromatic rings. The molecule has 6 nitrogen and oxygen atoms in total. The summed E-state index contributed by atoms with van der Waals surface area (Å²) in [7, 11) is 1.60. The lowest BCUT2D eigenvalue weighted by Crippen LogP contribution is -2.32. The van der Waals surface area contributed by atoms with E-state index in [2.05, 4.69) is 0 Å². The number of rotatable bonds is 5. The highest BCUT2D eigenvalue weighted by Gasteiger charge is 2.26. The topological polar surface area (TPSA) is 81.4 Å². The van der Waals surface area contributed by atoms with Crippen molar-refractivity contribution < 1.29 is 14.6 Å². The standard InChI is InChI=1S/C20H20N2O4S/c1-11(20(24)25)22-16(10-12-6-8-13(26-2)9-7-12)21-18-17(19(22)23)14-4-3-5-15(14)27-18/h6-9,11H,3-5,10H2,1-2H3,(H,24,25). The number of aromatic nitrogens is 2. The van der Waals surface area contributed by atoms with E-state index in [4.69, 9.17) is 9.72 Å². The van der Waals surface area contributed by atoms with Crippen LogP contribution in [0, 0.1) is 0 Å². The minimum Gasteiger partial charge on any atom is -0.497 e. The Morgan fingerprint density at radius 3 is 2.74 bits per heavy atom. The van der Waals surface area contributed by atoms with Gasteiger partial charge in [0.1, 0.15) is 22.4 Å². The Kier molecular flexibility index (Phi) is 4.47. The van der Waals surface area contributed by atoms with Gasteiger partial charge in [0, 0.05) is 11.3 Å². The summed E-state index contributed by atoms with van der Waals surface area (Å²) in [5.74, 6) is 0.182. The van der Waals surface area contributed by atoms with Crippen LogP contribution >= 0.6 is 11.3 Å². The summed E-state index contributed by atoms with van der Waals surface area (Å²) in [6.07, 6.45) is 3.26. The van der Waals surface area contributed by atoms with Gasteiger partial charge in [0.25, 0.3) is 5.56 Å². The molecule has 2 aromatic heterocycles. The van der Waals surface area contributed by atoms with Crippen molar-refractivity contribution in [2.45, 2.75) is 38.6 Å². The molecule has 0 spiro atoms. The first-order valence-electron chi connectivity index (χ1n) is 8.91. The lowest BCUT2D eigenvalue weighted by molar-refractivity contribution is -0.140. The smallest absolute Gasteiger partial charge is 0.326 e. The number of benzene rings is 1. The number of hydrogen-bond acceptors (Lipinski definition) is 5. The molecule has 27 heavy (non-hydrogen) atoms. The summed E-state index contributed by atoms with van der Waals surface area (Å²) in [5, 5.41) is 10.1. The van der Waals surface area contributed by atoms with Crippen LogP contribution in [0.3, 0.4) is 0 Å². The first-order valence-corrected chi connectivity index (χ1v) is 9.72. The van der Waals surface area contributed by atoms with Crippen molar-refractivity contribution in [3.63, 3.8) is 0 Å². The number of aliphatic carboxylic acids is 1. The van der Waals surface area contributed by atoms with Gasteiger partial charge >= 0.3 is 5.97 Å². The Bertz CT molecular complexity index is 1080. The van der Waals surface area contributed by atoms with Crippen molar-refractivity contribution in [3.05, 3.63) is 56.4 Å². The third-order valence-electron chi connectivity index (χ3n) is 5.11. The summed E-state index contributed by atoms with van der Waals surface area (Å²) >= 11 is 1.57. The van der Waals surface area contributed by atoms with E-state index in [1.54, 1.807) is 18.4 Å². The molecule has 1 unspecified atom stereocenters. The SMILES string of the molecule is COc1ccc(Cc2nc3sc4c(c3c(=O)n2C(C)C(=O)O)CCC4)cc1. The molecule has 0 saturated carbocycles. The predicted molar refractivity (Wildman–Crippen MR) is 104 cm³/mol. The molecule has 1 N–H and O–H groups in total. The molecule has 2 heterocycles. The minimum atomic E-state index is -1.04. The van der Waals surface area contributed by atoms with E-state index >= 15 is 0 Å². The predicted octanol–water partition coefficient (Wildman–Crippen LogP) is 3.19. The monoisotopic (exact) mass is 384 g/mol. The molecule has 0 aliphatic heterocycles. The van der Waals surface area contributed by atoms with Crippen LogP contribution in [0.1, 0.15) is 41.2 Å². The average molecular weight is 384 g/mol. The molecule has 0 amide bonds. The van der Waals surface area contributed by atoms with Crippen LogP contribution in [0.5, 0.6) is 5.75 Å². The Morgan fingerprint density at radius 2 is 2.07 bits per heavy atom. The first-order chi connectivity index (χ1) is 13.0. The molecule has 0 fully saturated rings. The maximum atomic E-state index is 13.3. The second-order valence-electron chi connectivity index (χ2n) is 6.78. The van der Waals surface area contributed by atoms with Gasteiger partial charge in [-0.25, -0.2) is 9.78 Å². The zero-order valence-electron chi connectivity index (χ0n) is 15.2. The van der Waals surface area contributed by atoms with Crippen molar-refractivity contribution in [1.82, 2.24) is 9.55 Å². The number of aryl methyl sites for hydroxylation is 2. The second kappa shape index (κ2) is 6.81. The van der Waals surface area contributed by atoms with Crippen LogP contribution in [0.4, 0.5) is 0 Å². The van der Waals surface area contributed by atoms with Crippen molar-refractivity contribution >= 4 is 27.5 Å². The fourth-order valence-corrected chi connectivity index (χ4v) is 4.93. The zero-order valence-corrected chi connectivity index (χ0v) is 16.0. The Labute approximate surface area is 160 Å². The van der Waals surface area contributed by atoms with Crippen molar-refractivity contribution in [2.75, 3.05) is 7.11 Å². The van der Waals surface area contributed by atoms with Crippen LogP contribution in [-0.2, 0) is 24.1 Å². The second-order valence-corrected chi connectivity index (χ2v) is 7.86. The van der Waals surface area contributed by atoms with Crippen LogP contribution in [-0.4, -0.2) is 27.7 Å². The lowest BCUT2D eigenvalue weighted by Gasteiger charge is -2.16. The number of hydrogen-bond donors (Lipinski definition) is 1. The van der Waals surface area contributed by atoms with Gasteiger partial charge in [-0.2, -0.15) is 0 Å². The normalized spacial score (nSPS) is 14.3. The van der Waals surface area contributed by atoms with Crippen LogP contribution < -0.4 is 10.3 Å². The minimum absolute atomic E-state index is 0.238. The summed E-state index contributed by atoms with van der Waals surface area (Å²) in [5.41, 5.74) is 1.77. The van der Waals surface area contributed by atoms with E-state index in [1.165, 1.54) is 16.4 Å². The summed E-state index contributed by atoms with van der Waals surface area (Å²) in [6.45, 7) is 1.53. The maximum absolute atomic E-state index is 13.3. The average Bonchev–Trinajstić information content (AvgIpc) is 3.22. The van der Waals surface area contributed by atoms with E-state index in [0.717, 1.165) is 41.0 Å². The molecule has 7 heteroatoms. The van der Waals surface area contributed by atoms with Gasteiger partial charge in [-0.1, -0.05) is 12.1 Å². The lowest BCUT2D eigenvalue weighted by atomic mass is 10.1. The van der Waals surface area contributed by atoms with Gasteiger partial charge < -0.3 is 9.84 Å². The highest BCUT2D eigenvalue weighted by atomic mass is 32.1. The number of carboxylic acids is 1. The highest BCUT2D eigenvalue weighted by molar-refractivity contribution is 7.18. The summed E-state index contributed by atoms with van der Waals surface area (Å²) in [4.78, 5) is 31.6. The Hall–Kier alpha value is -2.67. The first kappa shape index (κ1) is 17.7. The highest BCUT2D eigenvalue weighted by Crippen LogP contribution is 2.35. The molecule has 1 atom stereocenters. The molecular weight excluding hydrogens is 364 g/mol. The fourth-order valence-electron chi connectivity index (χ4n) is 3.66. The quantitative estimate of drug-likeness (QED) is 0.731. The van der Waals surface area contributed by atoms with Crippen LogP contribution in [0.15, 0.2) is 29.1 Å². The molecule has 4 rings (SSSR count). The number of thiophene rings is 1. The third kappa shape index (κ3) is 3.02. The summed E-state index contributed by atoms with van der Waals surface area (Å²) in [6, 6.07) is 6.52. The van der Waals surface area contributed by atoms with E-state index in [1.807, 2.05) is 24.3 Å². The molecule has 0 radical (unpaired) electrons. The zero-order chi connectivity index (χ0) is 19.1. The number of fused-ring (bicyclic) bond motifs is 3. The molecule has 1 aliphatic carbocycles. The third-order valence-corrected chi connectivity index (χ3v) is 6.30. The fraction of sp³-hybridized carbons (Fsp3) is 0.350. The maximum Gasteiger partial charge on any atom is 0.326 e. The van der Waals surface area contributed by atoms with Crippen LogP contribution in [0.25, 0.3) is 10.2 Å². The number of nitrogens with zero attached hydrogens (tertiary/aromatic N) is 2. The van der Waals surface area contributed by atoms with Gasteiger partial charge in [0.2, 0.25) is 0 Å². The molecular formula is C20H20N2O4S. The number of ether oxygens (including phenoxy) is 1. The van der Waals surface area contributed by atoms with Gasteiger partial charge in [-0.15, -0.1) is 11.3 Å². The van der Waals surface area contributed by atoms with E-state index in [0.29, 0.717) is 17.6 Å². The molecule has 140 valence electrons. The van der Waals surface area contributed by atoms with E-state index in [-0.39, 0.29) is 5.56 Å². The number of carbonyl (C=O) groups is 1. The molecule has 1 aliphatic rings. The van der Waals surface area contributed by atoms with E-state index < -0.39 is 12.0 Å². The van der Waals surface area contributed by atoms with Gasteiger partial charge in [-0.05, 0) is 49.4 Å². The van der Waals surface area contributed by atoms with Gasteiger partial charge in [0.15, 0.2) is 0 Å². The van der Waals surface area contributed by atoms with Crippen LogP contribution in [0.2, 0.25) is 0 Å². The van der Waals surface area contributed by atoms with Crippen molar-refractivity contribution in [1.29, 1.82) is 0 Å². The molecule has 1 aromatic carbocycles. The Balaban J connectivity index is 1.88. The van der Waals surface area contributed by atoms with Gasteiger partial charge in [-0.3, -0.25) is 9.36 Å². The number of methoxy groups -OCH3 is 1. The number of carboxylic acid groups (broad SMARTS) is 1. The largest absolute Gasteiger partial charge is 0.497 e.